The number of guanidine groups is 1. The summed E-state index contributed by atoms with van der Waals surface area (Å²) in [4.78, 5) is 14.7. The summed E-state index contributed by atoms with van der Waals surface area (Å²) in [6.45, 7) is 6.69. The van der Waals surface area contributed by atoms with E-state index in [4.69, 9.17) is 11.6 Å². The molecule has 134 valence electrons. The Balaban J connectivity index is 1.49. The van der Waals surface area contributed by atoms with Crippen LogP contribution in [0.15, 0.2) is 35.5 Å². The molecule has 7 heteroatoms. The number of aryl methyl sites for hydroxylation is 1. The molecule has 3 rings (SSSR count). The maximum Gasteiger partial charge on any atom is 0.193 e. The van der Waals surface area contributed by atoms with E-state index >= 15 is 0 Å². The number of aliphatic imine (C=N–C) groups is 1. The Morgan fingerprint density at radius 1 is 1.28 bits per heavy atom. The summed E-state index contributed by atoms with van der Waals surface area (Å²) in [6, 6.07) is 8.04. The van der Waals surface area contributed by atoms with Crippen molar-refractivity contribution in [2.45, 2.75) is 13.3 Å². The molecule has 0 radical (unpaired) electrons. The van der Waals surface area contributed by atoms with Crippen LogP contribution in [-0.4, -0.2) is 55.6 Å². The van der Waals surface area contributed by atoms with Crippen LogP contribution in [0.4, 0.5) is 5.69 Å². The lowest BCUT2D eigenvalue weighted by atomic mass is 10.2. The lowest BCUT2D eigenvalue weighted by molar-refractivity contribution is 0.373. The second kappa shape index (κ2) is 8.54. The van der Waals surface area contributed by atoms with Gasteiger partial charge in [-0.15, -0.1) is 11.3 Å². The molecule has 1 aromatic carbocycles. The SMILES string of the molecule is CN=C(NCCc1ncc(C)s1)N1CCN(c2ccccc2Cl)CC1. The number of rotatable bonds is 4. The lowest BCUT2D eigenvalue weighted by Gasteiger charge is -2.38. The molecule has 0 bridgehead atoms. The van der Waals surface area contributed by atoms with E-state index in [1.165, 1.54) is 9.88 Å². The zero-order valence-corrected chi connectivity index (χ0v) is 16.3. The first-order valence-electron chi connectivity index (χ1n) is 8.54. The lowest BCUT2D eigenvalue weighted by Crippen LogP contribution is -2.52. The number of nitrogens with zero attached hydrogens (tertiary/aromatic N) is 4. The summed E-state index contributed by atoms with van der Waals surface area (Å²) in [7, 11) is 1.84. The van der Waals surface area contributed by atoms with Crippen LogP contribution in [0.5, 0.6) is 0 Å². The Morgan fingerprint density at radius 3 is 2.68 bits per heavy atom. The van der Waals surface area contributed by atoms with E-state index in [9.17, 15) is 0 Å². The van der Waals surface area contributed by atoms with E-state index in [1.807, 2.05) is 31.4 Å². The van der Waals surface area contributed by atoms with Crippen LogP contribution in [0.3, 0.4) is 0 Å². The van der Waals surface area contributed by atoms with Crippen molar-refractivity contribution >= 4 is 34.6 Å². The van der Waals surface area contributed by atoms with Gasteiger partial charge in [-0.2, -0.15) is 0 Å². The molecule has 2 aromatic rings. The van der Waals surface area contributed by atoms with Crippen molar-refractivity contribution < 1.29 is 0 Å². The number of benzene rings is 1. The normalized spacial score (nSPS) is 15.6. The summed E-state index contributed by atoms with van der Waals surface area (Å²) < 4.78 is 0. The largest absolute Gasteiger partial charge is 0.367 e. The van der Waals surface area contributed by atoms with Crippen molar-refractivity contribution in [1.29, 1.82) is 0 Å². The van der Waals surface area contributed by atoms with Crippen LogP contribution in [0, 0.1) is 6.92 Å². The molecule has 0 aliphatic carbocycles. The third-order valence-electron chi connectivity index (χ3n) is 4.28. The van der Waals surface area contributed by atoms with E-state index in [0.717, 1.165) is 55.8 Å². The zero-order valence-electron chi connectivity index (χ0n) is 14.7. The van der Waals surface area contributed by atoms with Gasteiger partial charge in [0.05, 0.1) is 15.7 Å². The van der Waals surface area contributed by atoms with E-state index < -0.39 is 0 Å². The van der Waals surface area contributed by atoms with Gasteiger partial charge < -0.3 is 15.1 Å². The Labute approximate surface area is 158 Å². The van der Waals surface area contributed by atoms with Crippen LogP contribution in [0.25, 0.3) is 0 Å². The molecule has 2 heterocycles. The molecule has 0 amide bonds. The maximum absolute atomic E-state index is 6.32. The van der Waals surface area contributed by atoms with Gasteiger partial charge in [0.25, 0.3) is 0 Å². The monoisotopic (exact) mass is 377 g/mol. The third-order valence-corrected chi connectivity index (χ3v) is 5.57. The number of piperazine rings is 1. The molecule has 0 unspecified atom stereocenters. The minimum Gasteiger partial charge on any atom is -0.367 e. The molecule has 1 aliphatic rings. The predicted octanol–water partition coefficient (Wildman–Crippen LogP) is 3.05. The number of para-hydroxylation sites is 1. The van der Waals surface area contributed by atoms with Gasteiger partial charge >= 0.3 is 0 Å². The van der Waals surface area contributed by atoms with Crippen molar-refractivity contribution in [3.63, 3.8) is 0 Å². The zero-order chi connectivity index (χ0) is 17.6. The van der Waals surface area contributed by atoms with Crippen molar-refractivity contribution in [2.75, 3.05) is 44.7 Å². The highest BCUT2D eigenvalue weighted by atomic mass is 35.5. The van der Waals surface area contributed by atoms with Gasteiger partial charge in [-0.05, 0) is 19.1 Å². The molecule has 0 atom stereocenters. The van der Waals surface area contributed by atoms with Crippen LogP contribution < -0.4 is 10.2 Å². The van der Waals surface area contributed by atoms with Gasteiger partial charge in [-0.3, -0.25) is 4.99 Å². The van der Waals surface area contributed by atoms with Gasteiger partial charge in [0.1, 0.15) is 0 Å². The van der Waals surface area contributed by atoms with Crippen LogP contribution in [0.1, 0.15) is 9.88 Å². The van der Waals surface area contributed by atoms with E-state index in [0.29, 0.717) is 0 Å². The number of nitrogens with one attached hydrogen (secondary N) is 1. The predicted molar refractivity (Wildman–Crippen MR) is 107 cm³/mol. The molecule has 1 aliphatic heterocycles. The van der Waals surface area contributed by atoms with Crippen molar-refractivity contribution in [1.82, 2.24) is 15.2 Å². The topological polar surface area (TPSA) is 43.8 Å². The summed E-state index contributed by atoms with van der Waals surface area (Å²) >= 11 is 8.07. The fraction of sp³-hybridized carbons (Fsp3) is 0.444. The molecule has 0 saturated carbocycles. The second-order valence-electron chi connectivity index (χ2n) is 6.01. The molecule has 1 aromatic heterocycles. The first-order valence-corrected chi connectivity index (χ1v) is 9.73. The summed E-state index contributed by atoms with van der Waals surface area (Å²) in [6.07, 6.45) is 2.86. The van der Waals surface area contributed by atoms with E-state index in [2.05, 4.69) is 38.1 Å². The highest BCUT2D eigenvalue weighted by molar-refractivity contribution is 7.11. The Bertz CT molecular complexity index is 722. The molecular weight excluding hydrogens is 354 g/mol. The molecule has 1 N–H and O–H groups in total. The Kier molecular flexibility index (Phi) is 6.15. The Morgan fingerprint density at radius 2 is 2.04 bits per heavy atom. The second-order valence-corrected chi connectivity index (χ2v) is 7.74. The summed E-state index contributed by atoms with van der Waals surface area (Å²) in [5.41, 5.74) is 1.12. The van der Waals surface area contributed by atoms with E-state index in [-0.39, 0.29) is 0 Å². The Hall–Kier alpha value is -1.79. The van der Waals surface area contributed by atoms with Crippen molar-refractivity contribution in [3.05, 3.63) is 45.4 Å². The van der Waals surface area contributed by atoms with Gasteiger partial charge in [0.15, 0.2) is 5.96 Å². The molecule has 5 nitrogen and oxygen atoms in total. The van der Waals surface area contributed by atoms with Crippen molar-refractivity contribution in [3.8, 4) is 0 Å². The maximum atomic E-state index is 6.32. The van der Waals surface area contributed by atoms with Crippen molar-refractivity contribution in [2.24, 2.45) is 4.99 Å². The number of halogens is 1. The van der Waals surface area contributed by atoms with Crippen LogP contribution in [0.2, 0.25) is 5.02 Å². The minimum atomic E-state index is 0.817. The first kappa shape index (κ1) is 18.0. The summed E-state index contributed by atoms with van der Waals surface area (Å²) in [5, 5.41) is 5.45. The number of thiazole rings is 1. The first-order chi connectivity index (χ1) is 12.2. The van der Waals surface area contributed by atoms with Gasteiger partial charge in [-0.25, -0.2) is 4.98 Å². The van der Waals surface area contributed by atoms with E-state index in [1.54, 1.807) is 11.3 Å². The molecule has 0 spiro atoms. The summed E-state index contributed by atoms with van der Waals surface area (Å²) in [5.74, 6) is 0.965. The molecular formula is C18H24ClN5S. The minimum absolute atomic E-state index is 0.817. The van der Waals surface area contributed by atoms with Crippen LogP contribution >= 0.6 is 22.9 Å². The number of hydrogen-bond donors (Lipinski definition) is 1. The van der Waals surface area contributed by atoms with Crippen LogP contribution in [-0.2, 0) is 6.42 Å². The van der Waals surface area contributed by atoms with Gasteiger partial charge in [0.2, 0.25) is 0 Å². The highest BCUT2D eigenvalue weighted by Crippen LogP contribution is 2.26. The fourth-order valence-corrected chi connectivity index (χ4v) is 4.04. The molecule has 1 fully saturated rings. The quantitative estimate of drug-likeness (QED) is 0.657. The molecule has 1 saturated heterocycles. The smallest absolute Gasteiger partial charge is 0.193 e. The molecule has 25 heavy (non-hydrogen) atoms. The number of hydrogen-bond acceptors (Lipinski definition) is 4. The third kappa shape index (κ3) is 4.64. The standard InChI is InChI=1S/C18H24ClN5S/c1-14-13-22-17(25-14)7-8-21-18(20-2)24-11-9-23(10-12-24)16-6-4-3-5-15(16)19/h3-6,13H,7-12H2,1-2H3,(H,20,21). The average molecular weight is 378 g/mol. The highest BCUT2D eigenvalue weighted by Gasteiger charge is 2.20. The number of aromatic nitrogens is 1. The average Bonchev–Trinajstić information content (AvgIpc) is 3.05. The fourth-order valence-electron chi connectivity index (χ4n) is 3.00. The number of anilines is 1. The van der Waals surface area contributed by atoms with Gasteiger partial charge in [-0.1, -0.05) is 23.7 Å². The van der Waals surface area contributed by atoms with Gasteiger partial charge in [0, 0.05) is 57.3 Å².